The molecular formula is C83H106N18O9S3. The lowest BCUT2D eigenvalue weighted by Gasteiger charge is -2.29. The van der Waals surface area contributed by atoms with E-state index in [4.69, 9.17) is 20.7 Å². The molecule has 27 nitrogen and oxygen atoms in total. The highest BCUT2D eigenvalue weighted by Gasteiger charge is 2.36. The van der Waals surface area contributed by atoms with Gasteiger partial charge >= 0.3 is 0 Å². The maximum atomic E-state index is 13.5. The van der Waals surface area contributed by atoms with Gasteiger partial charge in [-0.3, -0.25) is 14.4 Å². The lowest BCUT2D eigenvalue weighted by Crippen LogP contribution is -2.43. The number of nitrogens with two attached hydrogens (primary N) is 1. The molecule has 3 amide bonds. The Morgan fingerprint density at radius 3 is 1.28 bits per heavy atom. The zero-order valence-electron chi connectivity index (χ0n) is 64.7. The van der Waals surface area contributed by atoms with Crippen LogP contribution in [0.3, 0.4) is 0 Å². The number of nitrogens with one attached hydrogen (secondary N) is 5. The van der Waals surface area contributed by atoms with Gasteiger partial charge in [0.05, 0.1) is 103 Å². The Kier molecular flexibility index (Phi) is 22.3. The number of benzene rings is 6. The van der Waals surface area contributed by atoms with Crippen molar-refractivity contribution in [3.8, 4) is 33.8 Å². The molecule has 113 heavy (non-hydrogen) atoms. The summed E-state index contributed by atoms with van der Waals surface area (Å²) in [6, 6.07) is 38.2. The van der Waals surface area contributed by atoms with Crippen molar-refractivity contribution in [1.82, 2.24) is 55.1 Å². The number of piperazine rings is 1. The lowest BCUT2D eigenvalue weighted by molar-refractivity contribution is 0.0989. The minimum atomic E-state index is -3.36. The molecule has 7 N–H and O–H groups in total. The van der Waals surface area contributed by atoms with Crippen molar-refractivity contribution in [3.05, 3.63) is 198 Å². The van der Waals surface area contributed by atoms with Crippen LogP contribution in [-0.4, -0.2) is 181 Å². The Hall–Kier alpha value is -11.3. The summed E-state index contributed by atoms with van der Waals surface area (Å²) < 4.78 is 74.8. The van der Waals surface area contributed by atoms with E-state index < -0.39 is 45.3 Å². The zero-order chi connectivity index (χ0) is 79.9. The zero-order valence-corrected chi connectivity index (χ0v) is 67.2. The highest BCUT2D eigenvalue weighted by Crippen LogP contribution is 2.40. The number of carbonyl (C=O) groups is 3. The van der Waals surface area contributed by atoms with Crippen molar-refractivity contribution in [1.29, 1.82) is 0 Å². The molecule has 2 fully saturated rings. The van der Waals surface area contributed by atoms with E-state index >= 15 is 0 Å². The molecular weight excluding hydrogens is 1490 g/mol. The minimum absolute atomic E-state index is 0. The summed E-state index contributed by atoms with van der Waals surface area (Å²) in [5.74, 6) is -0.211. The first-order valence-corrected chi connectivity index (χ1v) is 42.6. The molecule has 6 aromatic heterocycles. The third-order valence-electron chi connectivity index (χ3n) is 20.9. The Labute approximate surface area is 667 Å². The number of fused-ring (bicyclic) bond motifs is 6. The number of rotatable bonds is 18. The molecule has 5 aliphatic rings. The Bertz CT molecular complexity index is 5840. The summed E-state index contributed by atoms with van der Waals surface area (Å²) in [5.41, 5.74) is 23.7. The fraction of sp³-hybridized carbons (Fsp3) is 0.313. The molecule has 0 spiro atoms. The van der Waals surface area contributed by atoms with E-state index in [-0.39, 0.29) is 48.4 Å². The topological polar surface area (TPSA) is 348 Å². The summed E-state index contributed by atoms with van der Waals surface area (Å²) in [6.45, 7) is 22.5. The highest BCUT2D eigenvalue weighted by atomic mass is 32.2. The van der Waals surface area contributed by atoms with Crippen molar-refractivity contribution in [2.75, 3.05) is 96.3 Å². The van der Waals surface area contributed by atoms with E-state index in [1.54, 1.807) is 166 Å². The number of aromatic amines is 3. The van der Waals surface area contributed by atoms with Crippen molar-refractivity contribution < 1.29 is 49.6 Å². The minimum Gasteiger partial charge on any atom is -0.384 e. The lowest BCUT2D eigenvalue weighted by atomic mass is 10.1. The maximum absolute atomic E-state index is 13.5. The van der Waals surface area contributed by atoms with Crippen LogP contribution in [0, 0.1) is 0 Å². The highest BCUT2D eigenvalue weighted by molar-refractivity contribution is 7.92. The van der Waals surface area contributed by atoms with Crippen molar-refractivity contribution in [2.45, 2.75) is 118 Å². The third kappa shape index (κ3) is 15.6. The second-order valence-electron chi connectivity index (χ2n) is 29.4. The standard InChI is InChI=1S/2C27H28N6O3S.C27H30N6O3S.C2H6.7H2/c1-17(2)37(35,36)21-6-3-18(4-7-21)23-14-29-26-25(31-23)24(15-30-26)33-16-19-13-20(5-8-22(19)27(33)34)32-11-9-28-10-12-32;1-16(2)37(35,36)21-7-4-17(5-8-21)23-12-29-26-25(31-23)24(13-30-26)33-14-18-3-6-20(11-22(18)27(33)34)32-10-9-19(28)15-32;1-17(2)37(35,36)21-9-6-18(7-10-21)23-14-29-26-25(31-23)24(15-30-26)33-16-19-5-8-20(13-22(19)27(33)34)28-11-12-32(3)4;1-2;;;;;;;/h3-8,13-15,17,28H,9-12,16H2,1-2H3,(H,29,30);3-8,11-13,16,19H,9-10,14-15,28H2,1-2H3,(H,29,30);5-10,13-15,17,28H,11-12,16H2,1-4H3,(H,29,30);1-2H3;7*1H/t;19-;;;;;;;;;/m.0........./s1. The van der Waals surface area contributed by atoms with Crippen molar-refractivity contribution >= 4 is 115 Å². The number of hydrogen-bond donors (Lipinski definition) is 6. The van der Waals surface area contributed by atoms with Crippen LogP contribution in [0.2, 0.25) is 0 Å². The predicted molar refractivity (Wildman–Crippen MR) is 459 cm³/mol. The van der Waals surface area contributed by atoms with Crippen LogP contribution in [-0.2, 0) is 49.1 Å². The van der Waals surface area contributed by atoms with Gasteiger partial charge in [-0.2, -0.15) is 0 Å². The molecule has 0 bridgehead atoms. The van der Waals surface area contributed by atoms with E-state index in [1.165, 1.54) is 0 Å². The SMILES string of the molecule is CC.CC(C)S(=O)(=O)c1ccc(-c2cnc3[nH]cc(N4Cc5cc(N6CCNCC6)ccc5C4=O)c3n2)cc1.CC(C)S(=O)(=O)c1ccc(-c2cnc3[nH]cc(N4Cc5ccc(N6CC[C@H](N)C6)cc5C4=O)c3n2)cc1.CC(C)S(=O)(=O)c1ccc(-c2cnc3[nH]cc(N4Cc5ccc(NCCN(C)C)cc5C4=O)c3n2)cc1.[HH].[HH].[HH].[HH].[HH].[HH].[HH]. The molecule has 30 heteroatoms. The molecule has 0 unspecified atom stereocenters. The number of hydrogen-bond acceptors (Lipinski definition) is 21. The van der Waals surface area contributed by atoms with Crippen LogP contribution in [0.1, 0.15) is 120 Å². The Morgan fingerprint density at radius 1 is 0.487 bits per heavy atom. The van der Waals surface area contributed by atoms with Gasteiger partial charge < -0.3 is 60.7 Å². The summed E-state index contributed by atoms with van der Waals surface area (Å²) in [7, 11) is -6.02. The number of aromatic nitrogens is 9. The van der Waals surface area contributed by atoms with Gasteiger partial charge in [0.2, 0.25) is 0 Å². The quantitative estimate of drug-likeness (QED) is 0.0465. The molecule has 5 aliphatic heterocycles. The van der Waals surface area contributed by atoms with Gasteiger partial charge in [-0.25, -0.2) is 55.2 Å². The van der Waals surface area contributed by atoms with Crippen LogP contribution in [0.25, 0.3) is 67.3 Å². The third-order valence-corrected chi connectivity index (χ3v) is 27.4. The number of amides is 3. The normalized spacial score (nSPS) is 15.7. The number of carbonyl (C=O) groups excluding carboxylic acids is 3. The Morgan fingerprint density at radius 2 is 0.876 bits per heavy atom. The molecule has 12 aromatic rings. The molecule has 600 valence electrons. The maximum Gasteiger partial charge on any atom is 0.259 e. The Balaban J connectivity index is 0.000000239. The van der Waals surface area contributed by atoms with Crippen LogP contribution < -0.4 is 40.9 Å². The van der Waals surface area contributed by atoms with Crippen molar-refractivity contribution in [2.24, 2.45) is 5.73 Å². The van der Waals surface area contributed by atoms with E-state index in [0.717, 1.165) is 109 Å². The first-order chi connectivity index (χ1) is 54.2. The van der Waals surface area contributed by atoms with E-state index in [1.807, 2.05) is 70.4 Å². The molecule has 17 rings (SSSR count). The number of likely N-dealkylation sites (N-methyl/N-ethyl adjacent to an activating group) is 1. The smallest absolute Gasteiger partial charge is 0.259 e. The monoisotopic (exact) mass is 1590 g/mol. The van der Waals surface area contributed by atoms with E-state index in [2.05, 4.69) is 67.4 Å². The van der Waals surface area contributed by atoms with Gasteiger partial charge in [-0.1, -0.05) is 62.4 Å². The number of sulfone groups is 3. The molecule has 0 saturated carbocycles. The van der Waals surface area contributed by atoms with Crippen LogP contribution >= 0.6 is 0 Å². The number of H-pyrrole nitrogens is 3. The number of nitrogens with zero attached hydrogens (tertiary/aromatic N) is 12. The van der Waals surface area contributed by atoms with Crippen LogP contribution in [0.15, 0.2) is 179 Å². The molecule has 2 saturated heterocycles. The summed E-state index contributed by atoms with van der Waals surface area (Å²) in [5, 5.41) is 5.25. The van der Waals surface area contributed by atoms with Gasteiger partial charge in [0.25, 0.3) is 17.7 Å². The van der Waals surface area contributed by atoms with E-state index in [0.29, 0.717) is 104 Å². The summed E-state index contributed by atoms with van der Waals surface area (Å²) in [6.07, 6.45) is 11.2. The molecule has 0 aliphatic carbocycles. The molecule has 1 atom stereocenters. The average Bonchev–Trinajstić information content (AvgIpc) is 1.61. The second kappa shape index (κ2) is 32.1. The van der Waals surface area contributed by atoms with Gasteiger partial charge in [-0.15, -0.1) is 0 Å². The summed E-state index contributed by atoms with van der Waals surface area (Å²) in [4.78, 5) is 90.2. The van der Waals surface area contributed by atoms with Crippen LogP contribution in [0.4, 0.5) is 34.1 Å². The second-order valence-corrected chi connectivity index (χ2v) is 36.9. The van der Waals surface area contributed by atoms with Crippen molar-refractivity contribution in [3.63, 3.8) is 0 Å². The van der Waals surface area contributed by atoms with E-state index in [9.17, 15) is 39.6 Å². The summed E-state index contributed by atoms with van der Waals surface area (Å²) >= 11 is 0. The van der Waals surface area contributed by atoms with Gasteiger partial charge in [0, 0.05) is 137 Å². The molecule has 0 radical (unpaired) electrons. The fourth-order valence-corrected chi connectivity index (χ4v) is 17.5. The fourth-order valence-electron chi connectivity index (χ4n) is 14.3. The van der Waals surface area contributed by atoms with Gasteiger partial charge in [-0.05, 0) is 158 Å². The largest absolute Gasteiger partial charge is 0.384 e. The average molecular weight is 1600 g/mol. The number of anilines is 6. The first kappa shape index (κ1) is 78.4. The predicted octanol–water partition coefficient (Wildman–Crippen LogP) is 13.6. The van der Waals surface area contributed by atoms with Gasteiger partial charge in [0.15, 0.2) is 46.5 Å². The van der Waals surface area contributed by atoms with Gasteiger partial charge in [0.1, 0.15) is 16.6 Å². The molecule has 6 aromatic carbocycles. The first-order valence-electron chi connectivity index (χ1n) is 37.9. The molecule has 11 heterocycles. The van der Waals surface area contributed by atoms with Crippen LogP contribution in [0.5, 0.6) is 0 Å².